The van der Waals surface area contributed by atoms with E-state index in [0.717, 1.165) is 55.2 Å². The van der Waals surface area contributed by atoms with Crippen molar-refractivity contribution < 1.29 is 9.59 Å². The molecule has 0 saturated carbocycles. The second-order valence-corrected chi connectivity index (χ2v) is 15.8. The van der Waals surface area contributed by atoms with Gasteiger partial charge in [-0.1, -0.05) is 170 Å². The molecule has 3 aromatic heterocycles. The first-order chi connectivity index (χ1) is 32.6. The average Bonchev–Trinajstić information content (AvgIpc) is 3.87. The largest absolute Gasteiger partial charge is 0.308 e. The van der Waals surface area contributed by atoms with Crippen LogP contribution in [0.25, 0.3) is 95.8 Å². The van der Waals surface area contributed by atoms with Gasteiger partial charge < -0.3 is 4.57 Å². The number of imide groups is 1. The Morgan fingerprint density at radius 3 is 1.06 bits per heavy atom. The second-order valence-electron chi connectivity index (χ2n) is 15.8. The van der Waals surface area contributed by atoms with Crippen molar-refractivity contribution in [1.82, 2.24) is 34.5 Å². The van der Waals surface area contributed by atoms with E-state index in [4.69, 9.17) is 29.9 Å². The molecule has 10 nitrogen and oxygen atoms in total. The van der Waals surface area contributed by atoms with E-state index in [1.54, 1.807) is 18.2 Å². The number of fused-ring (bicyclic) bond motifs is 4. The van der Waals surface area contributed by atoms with Crippen LogP contribution >= 0.6 is 0 Å². The summed E-state index contributed by atoms with van der Waals surface area (Å²) in [6, 6.07) is 66.0. The van der Waals surface area contributed by atoms with Crippen molar-refractivity contribution in [1.29, 1.82) is 0 Å². The third kappa shape index (κ3) is 6.43. The topological polar surface area (TPSA) is 120 Å². The smallest absolute Gasteiger partial charge is 0.268 e. The Labute approximate surface area is 378 Å². The van der Waals surface area contributed by atoms with Crippen molar-refractivity contribution in [2.45, 2.75) is 0 Å². The standard InChI is InChI=1S/C56H34N8O2/c65-55-42-31-18-34-45(48(42)56(66)63(55)39-27-14-5-15-28-39)64-43-32-16-29-40(53-59-49(35-19-6-1-7-20-35)57-50(60-53)36-21-8-2-9-22-36)46(43)47-41(30-17-33-44(47)64)54-61-51(37-23-10-3-11-24-37)58-52(62-54)38-25-12-4-13-26-38/h1-34H. The third-order valence-corrected chi connectivity index (χ3v) is 11.8. The van der Waals surface area contributed by atoms with Gasteiger partial charge >= 0.3 is 0 Å². The fraction of sp³-hybridized carbons (Fsp3) is 0. The maximum atomic E-state index is 14.7. The van der Waals surface area contributed by atoms with Crippen LogP contribution in [-0.4, -0.2) is 46.3 Å². The number of carbonyl (C=O) groups is 2. The van der Waals surface area contributed by atoms with Crippen LogP contribution in [0.3, 0.4) is 0 Å². The van der Waals surface area contributed by atoms with E-state index in [1.807, 2.05) is 188 Å². The molecule has 1 aliphatic heterocycles. The number of carbonyl (C=O) groups excluding carboxylic acids is 2. The van der Waals surface area contributed by atoms with E-state index >= 15 is 0 Å². The van der Waals surface area contributed by atoms with Crippen LogP contribution in [-0.2, 0) is 0 Å². The molecule has 0 unspecified atom stereocenters. The van der Waals surface area contributed by atoms with Gasteiger partial charge in [-0.3, -0.25) is 9.59 Å². The van der Waals surface area contributed by atoms with Gasteiger partial charge in [-0.2, -0.15) is 0 Å². The highest BCUT2D eigenvalue weighted by Gasteiger charge is 2.39. The Hall–Kier alpha value is -9.28. The van der Waals surface area contributed by atoms with Gasteiger partial charge in [0.25, 0.3) is 11.8 Å². The lowest BCUT2D eigenvalue weighted by Gasteiger charge is -2.14. The van der Waals surface area contributed by atoms with Gasteiger partial charge in [0.05, 0.1) is 33.5 Å². The molecular formula is C56H34N8O2. The van der Waals surface area contributed by atoms with Crippen LogP contribution in [0.1, 0.15) is 20.7 Å². The molecule has 0 aliphatic carbocycles. The van der Waals surface area contributed by atoms with Gasteiger partial charge in [0, 0.05) is 44.2 Å². The van der Waals surface area contributed by atoms with Crippen LogP contribution in [0, 0.1) is 0 Å². The molecule has 4 heterocycles. The number of hydrogen-bond acceptors (Lipinski definition) is 8. The summed E-state index contributed by atoms with van der Waals surface area (Å²) in [7, 11) is 0. The zero-order chi connectivity index (χ0) is 44.1. The first kappa shape index (κ1) is 38.4. The summed E-state index contributed by atoms with van der Waals surface area (Å²) >= 11 is 0. The molecule has 0 radical (unpaired) electrons. The predicted octanol–water partition coefficient (Wildman–Crippen LogP) is 12.0. The molecule has 2 amide bonds. The first-order valence-corrected chi connectivity index (χ1v) is 21.5. The van der Waals surface area contributed by atoms with Gasteiger partial charge in [0.15, 0.2) is 34.9 Å². The fourth-order valence-corrected chi connectivity index (χ4v) is 8.86. The van der Waals surface area contributed by atoms with Crippen LogP contribution in [0.15, 0.2) is 206 Å². The number of para-hydroxylation sites is 1. The number of nitrogens with zero attached hydrogens (tertiary/aromatic N) is 8. The minimum atomic E-state index is -0.408. The van der Waals surface area contributed by atoms with E-state index in [9.17, 15) is 9.59 Å². The zero-order valence-electron chi connectivity index (χ0n) is 35.0. The number of rotatable bonds is 8. The van der Waals surface area contributed by atoms with Gasteiger partial charge in [-0.25, -0.2) is 34.8 Å². The monoisotopic (exact) mass is 850 g/mol. The van der Waals surface area contributed by atoms with E-state index in [2.05, 4.69) is 4.57 Å². The normalized spacial score (nSPS) is 12.3. The van der Waals surface area contributed by atoms with E-state index in [1.165, 1.54) is 4.90 Å². The molecule has 0 fully saturated rings. The van der Waals surface area contributed by atoms with Crippen LogP contribution in [0.4, 0.5) is 5.69 Å². The molecule has 0 atom stereocenters. The Bertz CT molecular complexity index is 3380. The lowest BCUT2D eigenvalue weighted by molar-refractivity contribution is 0.0926. The summed E-state index contributed by atoms with van der Waals surface area (Å²) in [4.78, 5) is 60.9. The molecular weight excluding hydrogens is 817 g/mol. The molecule has 12 rings (SSSR count). The summed E-state index contributed by atoms with van der Waals surface area (Å²) < 4.78 is 2.06. The number of benzene rings is 8. The second kappa shape index (κ2) is 15.8. The number of hydrogen-bond donors (Lipinski definition) is 0. The molecule has 1 aliphatic rings. The van der Waals surface area contributed by atoms with Crippen molar-refractivity contribution in [3.05, 3.63) is 217 Å². The van der Waals surface area contributed by atoms with Crippen molar-refractivity contribution in [2.24, 2.45) is 0 Å². The SMILES string of the molecule is O=C1c2cccc(-n3c4cccc(-c5nc(-c6ccccc6)nc(-c6ccccc6)n5)c4c4c(-c5nc(-c6ccccc6)nc(-c6ccccc6)n5)cccc43)c2C(=O)N1c1ccccc1. The predicted molar refractivity (Wildman–Crippen MR) is 258 cm³/mol. The lowest BCUT2D eigenvalue weighted by Crippen LogP contribution is -2.29. The molecule has 0 saturated heterocycles. The molecule has 66 heavy (non-hydrogen) atoms. The lowest BCUT2D eigenvalue weighted by atomic mass is 10.0. The van der Waals surface area contributed by atoms with E-state index in [0.29, 0.717) is 57.4 Å². The quantitative estimate of drug-likeness (QED) is 0.139. The minimum absolute atomic E-state index is 0.303. The van der Waals surface area contributed by atoms with Crippen molar-refractivity contribution >= 4 is 39.3 Å². The maximum Gasteiger partial charge on any atom is 0.268 e. The Morgan fingerprint density at radius 2 is 0.652 bits per heavy atom. The van der Waals surface area contributed by atoms with Gasteiger partial charge in [0.1, 0.15) is 0 Å². The number of aromatic nitrogens is 7. The highest BCUT2D eigenvalue weighted by atomic mass is 16.2. The van der Waals surface area contributed by atoms with Crippen LogP contribution < -0.4 is 4.90 Å². The van der Waals surface area contributed by atoms with E-state index < -0.39 is 5.91 Å². The molecule has 10 heteroatoms. The molecule has 310 valence electrons. The highest BCUT2D eigenvalue weighted by molar-refractivity contribution is 6.36. The Morgan fingerprint density at radius 1 is 0.303 bits per heavy atom. The average molecular weight is 851 g/mol. The molecule has 0 bridgehead atoms. The number of amides is 2. The van der Waals surface area contributed by atoms with Crippen molar-refractivity contribution in [2.75, 3.05) is 4.90 Å². The minimum Gasteiger partial charge on any atom is -0.308 e. The Kier molecular flexibility index (Phi) is 9.20. The van der Waals surface area contributed by atoms with Crippen LogP contribution in [0.2, 0.25) is 0 Å². The van der Waals surface area contributed by atoms with E-state index in [-0.39, 0.29) is 5.91 Å². The third-order valence-electron chi connectivity index (χ3n) is 11.8. The van der Waals surface area contributed by atoms with Crippen molar-refractivity contribution in [3.63, 3.8) is 0 Å². The maximum absolute atomic E-state index is 14.7. The fourth-order valence-electron chi connectivity index (χ4n) is 8.86. The first-order valence-electron chi connectivity index (χ1n) is 21.5. The summed E-state index contributed by atoms with van der Waals surface area (Å²) in [6.07, 6.45) is 0. The number of anilines is 1. The summed E-state index contributed by atoms with van der Waals surface area (Å²) in [5.74, 6) is 2.18. The van der Waals surface area contributed by atoms with Crippen LogP contribution in [0.5, 0.6) is 0 Å². The zero-order valence-corrected chi connectivity index (χ0v) is 35.0. The van der Waals surface area contributed by atoms with Gasteiger partial charge in [-0.05, 0) is 36.4 Å². The van der Waals surface area contributed by atoms with Crippen molar-refractivity contribution in [3.8, 4) is 74.0 Å². The molecule has 0 spiro atoms. The molecule has 8 aromatic carbocycles. The summed E-state index contributed by atoms with van der Waals surface area (Å²) in [6.45, 7) is 0. The summed E-state index contributed by atoms with van der Waals surface area (Å²) in [5.41, 5.74) is 7.99. The van der Waals surface area contributed by atoms with Gasteiger partial charge in [-0.15, -0.1) is 0 Å². The Balaban J connectivity index is 1.18. The molecule has 11 aromatic rings. The van der Waals surface area contributed by atoms with Gasteiger partial charge in [0.2, 0.25) is 0 Å². The highest BCUT2D eigenvalue weighted by Crippen LogP contribution is 2.44. The summed E-state index contributed by atoms with van der Waals surface area (Å²) in [5, 5.41) is 1.59. The molecule has 0 N–H and O–H groups in total.